The second kappa shape index (κ2) is 15.2. The first-order chi connectivity index (χ1) is 33.7. The highest BCUT2D eigenvalue weighted by Crippen LogP contribution is 2.43. The van der Waals surface area contributed by atoms with E-state index < -0.39 is 0 Å². The fourth-order valence-electron chi connectivity index (χ4n) is 10.4. The summed E-state index contributed by atoms with van der Waals surface area (Å²) in [4.78, 5) is 20.5. The molecule has 68 heavy (non-hydrogen) atoms. The molecular formula is C62H38N6. The molecule has 14 aromatic rings. The number of rotatable bonds is 6. The van der Waals surface area contributed by atoms with Gasteiger partial charge in [-0.15, -0.1) is 0 Å². The fraction of sp³-hybridized carbons (Fsp3) is 0. The molecule has 0 unspecified atom stereocenters. The Balaban J connectivity index is 0.884. The number of aromatic nitrogens is 6. The molecule has 0 saturated heterocycles. The third-order valence-corrected chi connectivity index (χ3v) is 13.5. The maximum Gasteiger partial charge on any atom is 0.160 e. The monoisotopic (exact) mass is 866 g/mol. The van der Waals surface area contributed by atoms with Crippen molar-refractivity contribution in [2.24, 2.45) is 0 Å². The van der Waals surface area contributed by atoms with E-state index in [0.29, 0.717) is 11.6 Å². The van der Waals surface area contributed by atoms with Crippen LogP contribution in [-0.2, 0) is 0 Å². The van der Waals surface area contributed by atoms with E-state index in [0.717, 1.165) is 88.9 Å². The quantitative estimate of drug-likeness (QED) is 0.167. The Morgan fingerprint density at radius 2 is 0.691 bits per heavy atom. The summed E-state index contributed by atoms with van der Waals surface area (Å²) in [5.41, 5.74) is 14.5. The molecule has 4 heterocycles. The van der Waals surface area contributed by atoms with E-state index >= 15 is 0 Å². The van der Waals surface area contributed by atoms with E-state index in [9.17, 15) is 0 Å². The zero-order valence-electron chi connectivity index (χ0n) is 36.6. The number of hydrogen-bond acceptors (Lipinski definition) is 4. The van der Waals surface area contributed by atoms with Crippen LogP contribution < -0.4 is 0 Å². The summed E-state index contributed by atoms with van der Waals surface area (Å²) in [6.07, 6.45) is 0. The highest BCUT2D eigenvalue weighted by atomic mass is 15.0. The minimum absolute atomic E-state index is 0.699. The van der Waals surface area contributed by atoms with Gasteiger partial charge >= 0.3 is 0 Å². The van der Waals surface area contributed by atoms with Gasteiger partial charge in [-0.2, -0.15) is 0 Å². The van der Waals surface area contributed by atoms with Crippen molar-refractivity contribution in [2.45, 2.75) is 0 Å². The maximum atomic E-state index is 5.25. The Bertz CT molecular complexity index is 4300. The summed E-state index contributed by atoms with van der Waals surface area (Å²) in [5.74, 6) is 1.40. The third-order valence-electron chi connectivity index (χ3n) is 13.5. The predicted octanol–water partition coefficient (Wildman–Crippen LogP) is 15.6. The van der Waals surface area contributed by atoms with Gasteiger partial charge in [-0.1, -0.05) is 140 Å². The number of benzene rings is 10. The molecule has 14 rings (SSSR count). The van der Waals surface area contributed by atoms with Gasteiger partial charge in [0.2, 0.25) is 0 Å². The minimum atomic E-state index is 0.699. The number of nitrogens with zero attached hydrogens (tertiary/aromatic N) is 6. The highest BCUT2D eigenvalue weighted by Gasteiger charge is 2.21. The Morgan fingerprint density at radius 3 is 1.24 bits per heavy atom. The summed E-state index contributed by atoms with van der Waals surface area (Å²) in [6, 6.07) is 81.4. The molecule has 6 heteroatoms. The summed E-state index contributed by atoms with van der Waals surface area (Å²) in [5, 5.41) is 9.33. The van der Waals surface area contributed by atoms with Crippen LogP contribution in [0.4, 0.5) is 0 Å². The van der Waals surface area contributed by atoms with Crippen molar-refractivity contribution in [1.82, 2.24) is 29.1 Å². The molecule has 6 nitrogen and oxygen atoms in total. The van der Waals surface area contributed by atoms with E-state index in [-0.39, 0.29) is 0 Å². The van der Waals surface area contributed by atoms with Crippen LogP contribution >= 0.6 is 0 Å². The summed E-state index contributed by atoms with van der Waals surface area (Å²) in [7, 11) is 0. The molecule has 0 aliphatic rings. The van der Waals surface area contributed by atoms with Crippen LogP contribution in [0.3, 0.4) is 0 Å². The van der Waals surface area contributed by atoms with Crippen LogP contribution in [0.25, 0.3) is 133 Å². The lowest BCUT2D eigenvalue weighted by molar-refractivity contribution is 1.17. The summed E-state index contributed by atoms with van der Waals surface area (Å²) >= 11 is 0. The third kappa shape index (κ3) is 5.98. The smallest absolute Gasteiger partial charge is 0.160 e. The standard InChI is InChI=1S/C62H38N6/c1-2-15-40(16-3-1)59-47-18-6-10-22-51(47)63-61(65-59)41-28-32-45(33-29-41)67-53-24-12-8-20-49(53)57-55(67)36-37-56-58(57)50-21-9-13-25-54(50)68(56)46-34-30-42(31-35-46)62-64-52-23-11-7-19-48(52)60(66-62)44-27-26-39-14-4-5-17-43(39)38-44/h1-38H. The van der Waals surface area contributed by atoms with Crippen molar-refractivity contribution < 1.29 is 0 Å². The molecule has 0 atom stereocenters. The molecule has 0 radical (unpaired) electrons. The van der Waals surface area contributed by atoms with Gasteiger partial charge < -0.3 is 9.13 Å². The van der Waals surface area contributed by atoms with Crippen LogP contribution in [0.5, 0.6) is 0 Å². The highest BCUT2D eigenvalue weighted by molar-refractivity contribution is 6.29. The van der Waals surface area contributed by atoms with Crippen LogP contribution in [0, 0.1) is 0 Å². The molecule has 316 valence electrons. The van der Waals surface area contributed by atoms with Gasteiger partial charge in [-0.25, -0.2) is 19.9 Å². The average molecular weight is 867 g/mol. The van der Waals surface area contributed by atoms with Gasteiger partial charge in [0.15, 0.2) is 11.6 Å². The predicted molar refractivity (Wildman–Crippen MR) is 281 cm³/mol. The number of para-hydroxylation sites is 4. The van der Waals surface area contributed by atoms with Gasteiger partial charge in [0.25, 0.3) is 0 Å². The van der Waals surface area contributed by atoms with Crippen LogP contribution in [0.15, 0.2) is 231 Å². The SMILES string of the molecule is c1ccc(-c2nc(-c3ccc(-n4c5ccccc5c5c6c7ccccc7n(-c7ccc(-c8nc(-c9ccc%10ccccc%10c9)c9ccccc9n8)cc7)c6ccc54)cc3)nc3ccccc23)cc1. The lowest BCUT2D eigenvalue weighted by Gasteiger charge is -2.12. The van der Waals surface area contributed by atoms with E-state index in [1.54, 1.807) is 0 Å². The van der Waals surface area contributed by atoms with Gasteiger partial charge in [-0.3, -0.25) is 0 Å². The van der Waals surface area contributed by atoms with Crippen molar-refractivity contribution in [3.05, 3.63) is 231 Å². The number of fused-ring (bicyclic) bond motifs is 10. The molecular weight excluding hydrogens is 829 g/mol. The Morgan fingerprint density at radius 1 is 0.265 bits per heavy atom. The Labute approximate surface area is 390 Å². The van der Waals surface area contributed by atoms with Crippen molar-refractivity contribution in [3.8, 4) is 56.7 Å². The Kier molecular flexibility index (Phi) is 8.48. The van der Waals surface area contributed by atoms with E-state index in [1.165, 1.54) is 32.3 Å². The molecule has 0 spiro atoms. The van der Waals surface area contributed by atoms with E-state index in [2.05, 4.69) is 215 Å². The zero-order valence-corrected chi connectivity index (χ0v) is 36.6. The fourth-order valence-corrected chi connectivity index (χ4v) is 10.4. The van der Waals surface area contributed by atoms with Crippen LogP contribution in [0.1, 0.15) is 0 Å². The summed E-state index contributed by atoms with van der Waals surface area (Å²) in [6.45, 7) is 0. The van der Waals surface area contributed by atoms with Crippen molar-refractivity contribution in [1.29, 1.82) is 0 Å². The van der Waals surface area contributed by atoms with Gasteiger partial charge in [0.1, 0.15) is 0 Å². The molecule has 0 fully saturated rings. The molecule has 0 N–H and O–H groups in total. The Hall–Kier alpha value is -9.26. The first kappa shape index (κ1) is 38.1. The first-order valence-electron chi connectivity index (χ1n) is 23.0. The average Bonchev–Trinajstić information content (AvgIpc) is 3.93. The normalized spacial score (nSPS) is 11.8. The topological polar surface area (TPSA) is 61.4 Å². The molecule has 0 bridgehead atoms. The van der Waals surface area contributed by atoms with Gasteiger partial charge in [0.05, 0.1) is 44.5 Å². The molecule has 0 aliphatic heterocycles. The van der Waals surface area contributed by atoms with Crippen molar-refractivity contribution in [2.75, 3.05) is 0 Å². The van der Waals surface area contributed by atoms with E-state index in [4.69, 9.17) is 19.9 Å². The second-order valence-electron chi connectivity index (χ2n) is 17.4. The zero-order chi connectivity index (χ0) is 44.7. The van der Waals surface area contributed by atoms with Crippen molar-refractivity contribution >= 4 is 76.2 Å². The summed E-state index contributed by atoms with van der Waals surface area (Å²) < 4.78 is 4.78. The molecule has 0 aliphatic carbocycles. The van der Waals surface area contributed by atoms with Crippen molar-refractivity contribution in [3.63, 3.8) is 0 Å². The number of hydrogen-bond donors (Lipinski definition) is 0. The van der Waals surface area contributed by atoms with E-state index in [1.807, 2.05) is 24.3 Å². The van der Waals surface area contributed by atoms with Gasteiger partial charge in [0, 0.05) is 65.9 Å². The lowest BCUT2D eigenvalue weighted by Crippen LogP contribution is -1.97. The largest absolute Gasteiger partial charge is 0.309 e. The van der Waals surface area contributed by atoms with Crippen LogP contribution in [-0.4, -0.2) is 29.1 Å². The molecule has 10 aromatic carbocycles. The first-order valence-corrected chi connectivity index (χ1v) is 23.0. The molecule has 0 amide bonds. The van der Waals surface area contributed by atoms with Crippen LogP contribution in [0.2, 0.25) is 0 Å². The second-order valence-corrected chi connectivity index (χ2v) is 17.4. The van der Waals surface area contributed by atoms with Gasteiger partial charge in [-0.05, 0) is 102 Å². The molecule has 4 aromatic heterocycles. The maximum absolute atomic E-state index is 5.25. The minimum Gasteiger partial charge on any atom is -0.309 e. The lowest BCUT2D eigenvalue weighted by atomic mass is 10.0. The molecule has 0 saturated carbocycles.